The summed E-state index contributed by atoms with van der Waals surface area (Å²) in [5.74, 6) is 2.53. The molecule has 0 radical (unpaired) electrons. The Bertz CT molecular complexity index is 1600. The Balaban J connectivity index is 1.33. The standard InChI is InChI=1S/C33H27F9N2O2/c1-2-3-4-5-22-18-43-30(44-19-22)13-8-20-7-12-25(27(35)14-20)32(38,39)45-24-11-10-23(26(34)17-24)9-6-21-15-28(36)31(29(37)16-21)46-33(40,41)42/h7,11,14-19,23,25,28,31H,2-5,10,12H2,1H3. The number of rotatable bonds is 8. The number of nitrogens with zero attached hydrogens (tertiary/aromatic N) is 2. The lowest BCUT2D eigenvalue weighted by Gasteiger charge is -2.28. The maximum Gasteiger partial charge on any atom is 0.523 e. The first-order chi connectivity index (χ1) is 21.7. The Morgan fingerprint density at radius 1 is 0.848 bits per heavy atom. The molecule has 3 aliphatic rings. The molecule has 4 unspecified atom stereocenters. The van der Waals surface area contributed by atoms with Crippen LogP contribution in [0.2, 0.25) is 0 Å². The average molecular weight is 655 g/mol. The molecule has 0 spiro atoms. The molecule has 0 aliphatic heterocycles. The Labute approximate surface area is 259 Å². The molecule has 4 atom stereocenters. The molecule has 0 fully saturated rings. The van der Waals surface area contributed by atoms with Crippen molar-refractivity contribution in [2.24, 2.45) is 11.8 Å². The monoisotopic (exact) mass is 654 g/mol. The Hall–Kier alpha value is -4.23. The van der Waals surface area contributed by atoms with Crippen molar-refractivity contribution in [3.8, 4) is 23.7 Å². The molecule has 244 valence electrons. The molecule has 0 N–H and O–H groups in total. The number of aromatic nitrogens is 2. The minimum atomic E-state index is -5.28. The van der Waals surface area contributed by atoms with E-state index in [9.17, 15) is 39.5 Å². The van der Waals surface area contributed by atoms with Gasteiger partial charge in [-0.15, -0.1) is 13.2 Å². The maximum atomic E-state index is 14.9. The fourth-order valence-corrected chi connectivity index (χ4v) is 4.58. The van der Waals surface area contributed by atoms with E-state index in [0.29, 0.717) is 18.2 Å². The molecular weight excluding hydrogens is 627 g/mol. The van der Waals surface area contributed by atoms with Crippen molar-refractivity contribution in [3.63, 3.8) is 0 Å². The zero-order valence-electron chi connectivity index (χ0n) is 24.3. The molecule has 0 bridgehead atoms. The quantitative estimate of drug-likeness (QED) is 0.160. The van der Waals surface area contributed by atoms with Crippen molar-refractivity contribution in [3.05, 3.63) is 94.6 Å². The van der Waals surface area contributed by atoms with E-state index in [2.05, 4.69) is 50.0 Å². The van der Waals surface area contributed by atoms with E-state index >= 15 is 0 Å². The maximum absolute atomic E-state index is 14.9. The van der Waals surface area contributed by atoms with E-state index in [4.69, 9.17) is 0 Å². The number of alkyl halides is 6. The van der Waals surface area contributed by atoms with E-state index in [1.807, 2.05) is 0 Å². The highest BCUT2D eigenvalue weighted by molar-refractivity contribution is 5.46. The highest BCUT2D eigenvalue weighted by atomic mass is 19.4. The van der Waals surface area contributed by atoms with E-state index in [-0.39, 0.29) is 23.4 Å². The first kappa shape index (κ1) is 34.6. The van der Waals surface area contributed by atoms with Crippen LogP contribution in [0, 0.1) is 35.5 Å². The molecule has 3 aliphatic carbocycles. The normalized spacial score (nSPS) is 23.3. The fourth-order valence-electron chi connectivity index (χ4n) is 4.58. The predicted octanol–water partition coefficient (Wildman–Crippen LogP) is 8.77. The van der Waals surface area contributed by atoms with Gasteiger partial charge in [-0.2, -0.15) is 8.78 Å². The summed E-state index contributed by atoms with van der Waals surface area (Å²) in [4.78, 5) is 8.31. The van der Waals surface area contributed by atoms with Gasteiger partial charge in [-0.1, -0.05) is 43.6 Å². The second kappa shape index (κ2) is 14.9. The van der Waals surface area contributed by atoms with Crippen molar-refractivity contribution < 1.29 is 49.0 Å². The van der Waals surface area contributed by atoms with Crippen molar-refractivity contribution >= 4 is 0 Å². The lowest BCUT2D eigenvalue weighted by Crippen LogP contribution is -2.33. The third-order valence-electron chi connectivity index (χ3n) is 6.96. The van der Waals surface area contributed by atoms with Crippen LogP contribution >= 0.6 is 0 Å². The van der Waals surface area contributed by atoms with Crippen LogP contribution in [0.4, 0.5) is 39.5 Å². The molecule has 1 heterocycles. The van der Waals surface area contributed by atoms with Gasteiger partial charge in [0.05, 0.1) is 5.92 Å². The molecule has 0 saturated heterocycles. The molecule has 0 aromatic carbocycles. The van der Waals surface area contributed by atoms with Crippen molar-refractivity contribution in [1.29, 1.82) is 0 Å². The lowest BCUT2D eigenvalue weighted by atomic mass is 9.94. The molecule has 13 heteroatoms. The second-order valence-electron chi connectivity index (χ2n) is 10.5. The van der Waals surface area contributed by atoms with Gasteiger partial charge in [0.1, 0.15) is 29.2 Å². The molecule has 0 saturated carbocycles. The van der Waals surface area contributed by atoms with Crippen LogP contribution in [0.5, 0.6) is 0 Å². The first-order valence-electron chi connectivity index (χ1n) is 14.3. The zero-order valence-corrected chi connectivity index (χ0v) is 24.3. The topological polar surface area (TPSA) is 44.2 Å². The summed E-state index contributed by atoms with van der Waals surface area (Å²) in [6.45, 7) is 2.10. The molecule has 4 rings (SSSR count). The molecule has 4 nitrogen and oxygen atoms in total. The molecular formula is C33H27F9N2O2. The van der Waals surface area contributed by atoms with Crippen LogP contribution in [-0.4, -0.2) is 34.7 Å². The van der Waals surface area contributed by atoms with Crippen LogP contribution in [0.3, 0.4) is 0 Å². The first-order valence-corrected chi connectivity index (χ1v) is 14.3. The number of halogens is 9. The number of hydrogen-bond acceptors (Lipinski definition) is 4. The van der Waals surface area contributed by atoms with Crippen molar-refractivity contribution in [2.45, 2.75) is 70.2 Å². The molecule has 1 aromatic rings. The molecule has 0 amide bonds. The Morgan fingerprint density at radius 3 is 2.20 bits per heavy atom. The average Bonchev–Trinajstić information content (AvgIpc) is 2.97. The van der Waals surface area contributed by atoms with Crippen LogP contribution in [0.15, 0.2) is 83.2 Å². The van der Waals surface area contributed by atoms with E-state index in [1.165, 1.54) is 6.08 Å². The van der Waals surface area contributed by atoms with E-state index in [0.717, 1.165) is 43.4 Å². The van der Waals surface area contributed by atoms with Gasteiger partial charge in [-0.3, -0.25) is 4.74 Å². The summed E-state index contributed by atoms with van der Waals surface area (Å²) in [6.07, 6.45) is -2.85. The number of hydrogen-bond donors (Lipinski definition) is 0. The van der Waals surface area contributed by atoms with Crippen LogP contribution < -0.4 is 0 Å². The van der Waals surface area contributed by atoms with Gasteiger partial charge < -0.3 is 4.74 Å². The minimum absolute atomic E-state index is 0.148. The van der Waals surface area contributed by atoms with Gasteiger partial charge in [0.2, 0.25) is 5.82 Å². The van der Waals surface area contributed by atoms with Crippen LogP contribution in [0.1, 0.15) is 50.4 Å². The lowest BCUT2D eigenvalue weighted by molar-refractivity contribution is -0.343. The van der Waals surface area contributed by atoms with Gasteiger partial charge in [-0.05, 0) is 61.5 Å². The molecule has 46 heavy (non-hydrogen) atoms. The summed E-state index contributed by atoms with van der Waals surface area (Å²) in [5.41, 5.74) is 0.743. The predicted molar refractivity (Wildman–Crippen MR) is 150 cm³/mol. The van der Waals surface area contributed by atoms with Crippen molar-refractivity contribution in [1.82, 2.24) is 9.97 Å². The number of allylic oxidation sites excluding steroid dienone is 8. The Kier molecular flexibility index (Phi) is 11.2. The summed E-state index contributed by atoms with van der Waals surface area (Å²) < 4.78 is 132. The van der Waals surface area contributed by atoms with Crippen LogP contribution in [0.25, 0.3) is 0 Å². The highest BCUT2D eigenvalue weighted by Crippen LogP contribution is 2.41. The van der Waals surface area contributed by atoms with Crippen molar-refractivity contribution in [2.75, 3.05) is 0 Å². The van der Waals surface area contributed by atoms with Gasteiger partial charge >= 0.3 is 12.5 Å². The van der Waals surface area contributed by atoms with Gasteiger partial charge in [-0.25, -0.2) is 27.5 Å². The number of aryl methyl sites for hydroxylation is 1. The minimum Gasteiger partial charge on any atom is -0.432 e. The third kappa shape index (κ3) is 9.63. The Morgan fingerprint density at radius 2 is 1.57 bits per heavy atom. The molecule has 1 aromatic heterocycles. The fraction of sp³-hybridized carbons (Fsp3) is 0.394. The smallest absolute Gasteiger partial charge is 0.432 e. The van der Waals surface area contributed by atoms with Gasteiger partial charge in [0, 0.05) is 29.6 Å². The summed E-state index contributed by atoms with van der Waals surface area (Å²) in [7, 11) is 0. The second-order valence-corrected chi connectivity index (χ2v) is 10.5. The van der Waals surface area contributed by atoms with E-state index < -0.39 is 66.2 Å². The third-order valence-corrected chi connectivity index (χ3v) is 6.96. The van der Waals surface area contributed by atoms with E-state index in [1.54, 1.807) is 12.4 Å². The summed E-state index contributed by atoms with van der Waals surface area (Å²) in [6, 6.07) is 0. The van der Waals surface area contributed by atoms with Gasteiger partial charge in [0.25, 0.3) is 0 Å². The number of unbranched alkanes of at least 4 members (excludes halogenated alkanes) is 2. The van der Waals surface area contributed by atoms with Crippen LogP contribution in [-0.2, 0) is 15.9 Å². The SMILES string of the molecule is CCCCCc1cnc(C#CC2=CCC(C(F)(F)OC3=CCC(C#CC4=CC(F)C(OC(F)(F)F)C(F)=C4)C(F)=C3)C(F)=C2)nc1. The largest absolute Gasteiger partial charge is 0.523 e. The summed E-state index contributed by atoms with van der Waals surface area (Å²) >= 11 is 0. The highest BCUT2D eigenvalue weighted by Gasteiger charge is 2.46. The van der Waals surface area contributed by atoms with Gasteiger partial charge in [0.15, 0.2) is 12.3 Å². The zero-order chi connectivity index (χ0) is 33.5. The summed E-state index contributed by atoms with van der Waals surface area (Å²) in [5, 5.41) is 0. The number of ether oxygens (including phenoxy) is 2.